The van der Waals surface area contributed by atoms with E-state index in [0.29, 0.717) is 52.9 Å². The fourth-order valence-corrected chi connectivity index (χ4v) is 7.91. The van der Waals surface area contributed by atoms with Crippen LogP contribution in [-0.4, -0.2) is 82.4 Å². The number of ether oxygens (including phenoxy) is 2. The van der Waals surface area contributed by atoms with Crippen molar-refractivity contribution in [3.05, 3.63) is 59.5 Å². The number of fused-ring (bicyclic) bond motifs is 7. The van der Waals surface area contributed by atoms with Gasteiger partial charge in [0.25, 0.3) is 5.91 Å². The molecule has 3 saturated heterocycles. The molecule has 0 saturated carbocycles. The lowest BCUT2D eigenvalue weighted by molar-refractivity contribution is -0.141. The molecule has 1 aromatic carbocycles. The van der Waals surface area contributed by atoms with Gasteiger partial charge in [-0.05, 0) is 101 Å². The van der Waals surface area contributed by atoms with Gasteiger partial charge in [0.2, 0.25) is 5.95 Å². The number of aromatic nitrogens is 4. The van der Waals surface area contributed by atoms with Crippen LogP contribution in [-0.2, 0) is 17.5 Å². The summed E-state index contributed by atoms with van der Waals surface area (Å²) >= 11 is 0. The van der Waals surface area contributed by atoms with E-state index in [1.54, 1.807) is 19.1 Å². The topological polar surface area (TPSA) is 97.6 Å². The van der Waals surface area contributed by atoms with E-state index in [0.717, 1.165) is 68.1 Å². The quantitative estimate of drug-likeness (QED) is 0.248. The Morgan fingerprint density at radius 1 is 0.920 bits per heavy atom. The number of carbonyl (C=O) groups is 1. The Morgan fingerprint density at radius 3 is 2.44 bits per heavy atom. The van der Waals surface area contributed by atoms with E-state index < -0.39 is 11.9 Å². The summed E-state index contributed by atoms with van der Waals surface area (Å²) in [4.78, 5) is 31.9. The summed E-state index contributed by atoms with van der Waals surface area (Å²) in [5, 5.41) is 3.03. The van der Waals surface area contributed by atoms with Gasteiger partial charge in [-0.15, -0.1) is 0 Å². The number of halogens is 3. The van der Waals surface area contributed by atoms with Crippen molar-refractivity contribution in [1.29, 1.82) is 0 Å². The van der Waals surface area contributed by atoms with Crippen LogP contribution < -0.4 is 15.0 Å². The molecule has 1 amide bonds. The first-order chi connectivity index (χ1) is 24.1. The monoisotopic (exact) mass is 689 g/mol. The summed E-state index contributed by atoms with van der Waals surface area (Å²) in [6, 6.07) is 11.1. The number of likely N-dealkylation sites (tertiary alicyclic amines) is 1. The molecule has 10 nitrogen and oxygen atoms in total. The molecule has 4 aliphatic rings. The van der Waals surface area contributed by atoms with E-state index in [4.69, 9.17) is 14.5 Å². The molecule has 4 aliphatic heterocycles. The van der Waals surface area contributed by atoms with E-state index in [1.165, 1.54) is 38.8 Å². The summed E-state index contributed by atoms with van der Waals surface area (Å²) in [5.41, 5.74) is 3.75. The Bertz CT molecular complexity index is 1890. The molecule has 0 aliphatic carbocycles. The molecule has 50 heavy (non-hydrogen) atoms. The average molecular weight is 690 g/mol. The van der Waals surface area contributed by atoms with Crippen molar-refractivity contribution in [2.45, 2.75) is 70.6 Å². The number of alkyl halides is 3. The van der Waals surface area contributed by atoms with Crippen molar-refractivity contribution in [3.8, 4) is 17.0 Å². The third-order valence-corrected chi connectivity index (χ3v) is 11.1. The van der Waals surface area contributed by atoms with Gasteiger partial charge in [0.05, 0.1) is 48.2 Å². The standard InChI is InChI=1S/C37H42F3N7O3/c1-24-17-25-18-30(42-24)28-21-41-33(37(38,39)40)20-32(28)50-16-4-2-3-11-47-31-19-26(5-6-29(31)43-35(47)44-34(25)48)45-12-7-36(8-13-45)9-14-46(15-10-36)27-22-49-23-27/h5-6,17-21,27H,2-4,7-16,22-23H2,1H3,(H,43,44,48). The number of rotatable bonds is 2. The second-order valence-corrected chi connectivity index (χ2v) is 14.3. The normalized spacial score (nSPS) is 20.6. The number of carbonyl (C=O) groups excluding carboxylic acids is 1. The molecular formula is C37H42F3N7O3. The summed E-state index contributed by atoms with van der Waals surface area (Å²) in [7, 11) is 0. The maximum absolute atomic E-state index is 13.7. The van der Waals surface area contributed by atoms with Gasteiger partial charge in [0, 0.05) is 48.8 Å². The number of imidazole rings is 1. The molecule has 0 radical (unpaired) electrons. The number of hydrogen-bond donors (Lipinski definition) is 1. The van der Waals surface area contributed by atoms with Gasteiger partial charge in [-0.25, -0.2) is 4.98 Å². The maximum atomic E-state index is 13.7. The molecule has 1 N–H and O–H groups in total. The van der Waals surface area contributed by atoms with Crippen LogP contribution in [0, 0.1) is 12.3 Å². The minimum atomic E-state index is -4.62. The number of piperidine rings is 2. The van der Waals surface area contributed by atoms with Crippen molar-refractivity contribution < 1.29 is 27.4 Å². The van der Waals surface area contributed by atoms with Crippen molar-refractivity contribution in [1.82, 2.24) is 24.4 Å². The zero-order valence-electron chi connectivity index (χ0n) is 28.3. The van der Waals surface area contributed by atoms with E-state index in [9.17, 15) is 18.0 Å². The number of hydrogen-bond acceptors (Lipinski definition) is 8. The van der Waals surface area contributed by atoms with E-state index >= 15 is 0 Å². The lowest BCUT2D eigenvalue weighted by Gasteiger charge is -2.50. The summed E-state index contributed by atoms with van der Waals surface area (Å²) in [6.07, 6.45) is 3.56. The fourth-order valence-electron chi connectivity index (χ4n) is 7.91. The van der Waals surface area contributed by atoms with Crippen molar-refractivity contribution in [2.24, 2.45) is 5.41 Å². The Morgan fingerprint density at radius 2 is 1.70 bits per heavy atom. The third kappa shape index (κ3) is 6.53. The van der Waals surface area contributed by atoms with Crippen LogP contribution in [0.2, 0.25) is 0 Å². The minimum absolute atomic E-state index is 0.0379. The number of nitrogens with one attached hydrogen (secondary N) is 1. The lowest BCUT2D eigenvalue weighted by atomic mass is 9.71. The third-order valence-electron chi connectivity index (χ3n) is 11.1. The van der Waals surface area contributed by atoms with Gasteiger partial charge in [-0.3, -0.25) is 25.0 Å². The number of nitrogens with zero attached hydrogens (tertiary/aromatic N) is 6. The van der Waals surface area contributed by atoms with Gasteiger partial charge in [0.15, 0.2) is 0 Å². The first kappa shape index (κ1) is 32.9. The lowest BCUT2D eigenvalue weighted by Crippen LogP contribution is -2.54. The molecule has 1 spiro atoms. The minimum Gasteiger partial charge on any atom is -0.493 e. The number of amides is 1. The Hall–Kier alpha value is -4.23. The van der Waals surface area contributed by atoms with Gasteiger partial charge >= 0.3 is 6.18 Å². The van der Waals surface area contributed by atoms with Gasteiger partial charge in [-0.1, -0.05) is 0 Å². The fraction of sp³-hybridized carbons (Fsp3) is 0.514. The van der Waals surface area contributed by atoms with Gasteiger partial charge in [0.1, 0.15) is 11.4 Å². The molecule has 3 fully saturated rings. The van der Waals surface area contributed by atoms with Crippen LogP contribution in [0.3, 0.4) is 0 Å². The molecule has 8 rings (SSSR count). The molecule has 0 atom stereocenters. The van der Waals surface area contributed by atoms with Crippen LogP contribution in [0.5, 0.6) is 5.75 Å². The van der Waals surface area contributed by atoms with Crippen molar-refractivity contribution in [3.63, 3.8) is 0 Å². The van der Waals surface area contributed by atoms with E-state index in [1.807, 2.05) is 6.07 Å². The molecule has 7 heterocycles. The van der Waals surface area contributed by atoms with Crippen LogP contribution >= 0.6 is 0 Å². The van der Waals surface area contributed by atoms with Crippen molar-refractivity contribution >= 4 is 28.6 Å². The largest absolute Gasteiger partial charge is 0.493 e. The highest BCUT2D eigenvalue weighted by Gasteiger charge is 2.40. The highest BCUT2D eigenvalue weighted by atomic mass is 19.4. The van der Waals surface area contributed by atoms with Gasteiger partial charge < -0.3 is 18.9 Å². The second kappa shape index (κ2) is 13.1. The Labute approximate surface area is 289 Å². The van der Waals surface area contributed by atoms with E-state index in [-0.39, 0.29) is 18.3 Å². The summed E-state index contributed by atoms with van der Waals surface area (Å²) < 4.78 is 54.0. The van der Waals surface area contributed by atoms with Crippen LogP contribution in [0.25, 0.3) is 22.3 Å². The average Bonchev–Trinajstić information content (AvgIpc) is 3.41. The molecule has 4 aromatic rings. The number of benzene rings is 1. The highest BCUT2D eigenvalue weighted by Crippen LogP contribution is 2.43. The highest BCUT2D eigenvalue weighted by molar-refractivity contribution is 6.05. The molecule has 13 heteroatoms. The number of pyridine rings is 2. The summed E-state index contributed by atoms with van der Waals surface area (Å²) in [5.74, 6) is 0.112. The van der Waals surface area contributed by atoms with Crippen molar-refractivity contribution in [2.75, 3.05) is 56.2 Å². The van der Waals surface area contributed by atoms with Crippen LogP contribution in [0.4, 0.5) is 24.8 Å². The summed E-state index contributed by atoms with van der Waals surface area (Å²) in [6.45, 7) is 8.71. The molecule has 0 unspecified atom stereocenters. The predicted octanol–water partition coefficient (Wildman–Crippen LogP) is 6.72. The SMILES string of the molecule is Cc1cc2cc(n1)-c1cnc(C(F)(F)F)cc1OCCCCCn1c(nc3ccc(N4CCC5(CC4)CCN(C4COC4)CC5)cc31)NC2=O. The molecule has 264 valence electrons. The van der Waals surface area contributed by atoms with Crippen LogP contribution in [0.15, 0.2) is 42.6 Å². The zero-order valence-corrected chi connectivity index (χ0v) is 28.3. The first-order valence-corrected chi connectivity index (χ1v) is 17.7. The molecule has 2 bridgehead atoms. The smallest absolute Gasteiger partial charge is 0.433 e. The predicted molar refractivity (Wildman–Crippen MR) is 184 cm³/mol. The van der Waals surface area contributed by atoms with Gasteiger partial charge in [-0.2, -0.15) is 13.2 Å². The zero-order chi connectivity index (χ0) is 34.5. The van der Waals surface area contributed by atoms with E-state index in [2.05, 4.69) is 41.8 Å². The van der Waals surface area contributed by atoms with Crippen LogP contribution in [0.1, 0.15) is 66.7 Å². The molecule has 3 aromatic heterocycles. The second-order valence-electron chi connectivity index (χ2n) is 14.3. The first-order valence-electron chi connectivity index (χ1n) is 17.7. The molecular weight excluding hydrogens is 647 g/mol. The maximum Gasteiger partial charge on any atom is 0.433 e. The Balaban J connectivity index is 1.04. The Kier molecular flexibility index (Phi) is 8.66. The number of anilines is 2. The number of aryl methyl sites for hydroxylation is 2.